The third-order valence-electron chi connectivity index (χ3n) is 4.25. The molecule has 0 aliphatic rings. The van der Waals surface area contributed by atoms with E-state index in [1.54, 1.807) is 0 Å². The molecule has 0 bridgehead atoms. The third-order valence-corrected chi connectivity index (χ3v) is 4.74. The van der Waals surface area contributed by atoms with Gasteiger partial charge in [-0.3, -0.25) is 4.79 Å². The van der Waals surface area contributed by atoms with Crippen molar-refractivity contribution in [1.29, 1.82) is 0 Å². The zero-order valence-electron chi connectivity index (χ0n) is 16.0. The van der Waals surface area contributed by atoms with Gasteiger partial charge in [-0.15, -0.1) is 0 Å². The maximum Gasteiger partial charge on any atom is 0.257 e. The standard InChI is InChI=1S/C23H24BrN3O2/c24-20-11-12-22(19(15-20)16-26-27-21-9-5-2-6-10-21)29-17-23(28)25-14-13-18-7-3-1-4-8-18/h1-12,15,26-27H,13-14,16-17H2,(H,25,28). The van der Waals surface area contributed by atoms with Gasteiger partial charge in [0.1, 0.15) is 5.75 Å². The van der Waals surface area contributed by atoms with Crippen molar-refractivity contribution in [3.05, 3.63) is 94.5 Å². The molecule has 1 amide bonds. The number of anilines is 1. The van der Waals surface area contributed by atoms with Crippen molar-refractivity contribution < 1.29 is 9.53 Å². The summed E-state index contributed by atoms with van der Waals surface area (Å²) in [5.41, 5.74) is 9.44. The summed E-state index contributed by atoms with van der Waals surface area (Å²) in [6.07, 6.45) is 0.797. The smallest absolute Gasteiger partial charge is 0.257 e. The fourth-order valence-electron chi connectivity index (χ4n) is 2.78. The molecule has 6 heteroatoms. The highest BCUT2D eigenvalue weighted by Crippen LogP contribution is 2.23. The SMILES string of the molecule is O=C(COc1ccc(Br)cc1CNNc1ccccc1)NCCc1ccccc1. The van der Waals surface area contributed by atoms with E-state index >= 15 is 0 Å². The molecule has 150 valence electrons. The highest BCUT2D eigenvalue weighted by molar-refractivity contribution is 9.10. The first-order chi connectivity index (χ1) is 14.2. The molecule has 0 heterocycles. The second kappa shape index (κ2) is 11.2. The number of hydrogen-bond donors (Lipinski definition) is 3. The van der Waals surface area contributed by atoms with Crippen molar-refractivity contribution >= 4 is 27.5 Å². The van der Waals surface area contributed by atoms with Gasteiger partial charge in [-0.2, -0.15) is 0 Å². The van der Waals surface area contributed by atoms with Gasteiger partial charge in [0.15, 0.2) is 6.61 Å². The lowest BCUT2D eigenvalue weighted by Crippen LogP contribution is -2.30. The first-order valence-electron chi connectivity index (χ1n) is 9.46. The Morgan fingerprint density at radius 2 is 1.66 bits per heavy atom. The number of nitrogens with one attached hydrogen (secondary N) is 3. The maximum absolute atomic E-state index is 12.1. The molecule has 3 N–H and O–H groups in total. The topological polar surface area (TPSA) is 62.4 Å². The van der Waals surface area contributed by atoms with E-state index in [0.29, 0.717) is 18.8 Å². The third kappa shape index (κ3) is 7.25. The Bertz CT molecular complexity index is 905. The minimum Gasteiger partial charge on any atom is -0.483 e. The summed E-state index contributed by atoms with van der Waals surface area (Å²) in [6, 6.07) is 25.7. The first-order valence-corrected chi connectivity index (χ1v) is 10.3. The molecule has 0 aromatic heterocycles. The lowest BCUT2D eigenvalue weighted by molar-refractivity contribution is -0.123. The minimum absolute atomic E-state index is 0.0183. The van der Waals surface area contributed by atoms with Crippen LogP contribution in [0.4, 0.5) is 5.69 Å². The van der Waals surface area contributed by atoms with Crippen molar-refractivity contribution in [2.75, 3.05) is 18.6 Å². The predicted molar refractivity (Wildman–Crippen MR) is 120 cm³/mol. The molecular formula is C23H24BrN3O2. The second-order valence-electron chi connectivity index (χ2n) is 6.47. The maximum atomic E-state index is 12.1. The van der Waals surface area contributed by atoms with Crippen LogP contribution in [0.3, 0.4) is 0 Å². The highest BCUT2D eigenvalue weighted by atomic mass is 79.9. The van der Waals surface area contributed by atoms with E-state index < -0.39 is 0 Å². The van der Waals surface area contributed by atoms with Crippen molar-refractivity contribution in [2.24, 2.45) is 0 Å². The summed E-state index contributed by atoms with van der Waals surface area (Å²) >= 11 is 3.49. The van der Waals surface area contributed by atoms with Gasteiger partial charge < -0.3 is 15.5 Å². The number of para-hydroxylation sites is 1. The van der Waals surface area contributed by atoms with Crippen LogP contribution in [0.5, 0.6) is 5.75 Å². The Morgan fingerprint density at radius 3 is 2.41 bits per heavy atom. The van der Waals surface area contributed by atoms with Crippen LogP contribution in [0.25, 0.3) is 0 Å². The lowest BCUT2D eigenvalue weighted by Gasteiger charge is -2.14. The van der Waals surface area contributed by atoms with Crippen LogP contribution < -0.4 is 20.9 Å². The number of hydrogen-bond acceptors (Lipinski definition) is 4. The number of rotatable bonds is 10. The molecule has 3 rings (SSSR count). The summed E-state index contributed by atoms with van der Waals surface area (Å²) in [7, 11) is 0. The molecule has 29 heavy (non-hydrogen) atoms. The zero-order valence-corrected chi connectivity index (χ0v) is 17.6. The van der Waals surface area contributed by atoms with Gasteiger partial charge in [0.2, 0.25) is 0 Å². The van der Waals surface area contributed by atoms with Crippen LogP contribution in [-0.2, 0) is 17.8 Å². The van der Waals surface area contributed by atoms with E-state index in [1.165, 1.54) is 5.56 Å². The second-order valence-corrected chi connectivity index (χ2v) is 7.39. The monoisotopic (exact) mass is 453 g/mol. The number of hydrazine groups is 1. The van der Waals surface area contributed by atoms with Crippen LogP contribution in [-0.4, -0.2) is 19.1 Å². The van der Waals surface area contributed by atoms with Gasteiger partial charge >= 0.3 is 0 Å². The van der Waals surface area contributed by atoms with Gasteiger partial charge in [-0.25, -0.2) is 5.43 Å². The van der Waals surface area contributed by atoms with Crippen molar-refractivity contribution in [3.63, 3.8) is 0 Å². The summed E-state index contributed by atoms with van der Waals surface area (Å²) in [6.45, 7) is 1.11. The Hall–Kier alpha value is -2.83. The molecule has 0 saturated carbocycles. The Kier molecular flexibility index (Phi) is 8.10. The number of carbonyl (C=O) groups excluding carboxylic acids is 1. The molecule has 0 spiro atoms. The van der Waals surface area contributed by atoms with E-state index in [4.69, 9.17) is 4.74 Å². The largest absolute Gasteiger partial charge is 0.483 e. The van der Waals surface area contributed by atoms with Crippen molar-refractivity contribution in [2.45, 2.75) is 13.0 Å². The molecule has 0 aliphatic carbocycles. The van der Waals surface area contributed by atoms with Gasteiger partial charge in [-0.05, 0) is 42.3 Å². The van der Waals surface area contributed by atoms with Crippen molar-refractivity contribution in [3.8, 4) is 5.75 Å². The van der Waals surface area contributed by atoms with E-state index in [2.05, 4.69) is 32.1 Å². The van der Waals surface area contributed by atoms with E-state index in [9.17, 15) is 4.79 Å². The van der Waals surface area contributed by atoms with Crippen LogP contribution >= 0.6 is 15.9 Å². The van der Waals surface area contributed by atoms with Gasteiger partial charge in [0.05, 0.1) is 0 Å². The average molecular weight is 454 g/mol. The molecule has 0 saturated heterocycles. The van der Waals surface area contributed by atoms with Gasteiger partial charge in [0.25, 0.3) is 5.91 Å². The molecular weight excluding hydrogens is 430 g/mol. The molecule has 3 aromatic rings. The molecule has 0 aliphatic heterocycles. The molecule has 0 radical (unpaired) electrons. The highest BCUT2D eigenvalue weighted by Gasteiger charge is 2.08. The fraction of sp³-hybridized carbons (Fsp3) is 0.174. The molecule has 0 unspecified atom stereocenters. The van der Waals surface area contributed by atoms with Crippen molar-refractivity contribution in [1.82, 2.24) is 10.7 Å². The summed E-state index contributed by atoms with van der Waals surface area (Å²) < 4.78 is 6.71. The Morgan fingerprint density at radius 1 is 0.931 bits per heavy atom. The van der Waals surface area contributed by atoms with E-state index in [-0.39, 0.29) is 12.5 Å². The molecule has 3 aromatic carbocycles. The summed E-state index contributed by atoms with van der Waals surface area (Å²) in [5.74, 6) is 0.541. The number of ether oxygens (including phenoxy) is 1. The van der Waals surface area contributed by atoms with Gasteiger partial charge in [0, 0.05) is 28.8 Å². The first kappa shape index (κ1) is 20.9. The lowest BCUT2D eigenvalue weighted by atomic mass is 10.1. The predicted octanol–water partition coefficient (Wildman–Crippen LogP) is 4.30. The summed E-state index contributed by atoms with van der Waals surface area (Å²) in [5, 5.41) is 2.90. The van der Waals surface area contributed by atoms with Crippen LogP contribution in [0, 0.1) is 0 Å². The molecule has 0 fully saturated rings. The number of benzene rings is 3. The van der Waals surface area contributed by atoms with E-state index in [0.717, 1.165) is 22.1 Å². The van der Waals surface area contributed by atoms with Crippen LogP contribution in [0.1, 0.15) is 11.1 Å². The summed E-state index contributed by atoms with van der Waals surface area (Å²) in [4.78, 5) is 12.1. The molecule has 5 nitrogen and oxygen atoms in total. The van der Waals surface area contributed by atoms with Crippen LogP contribution in [0.2, 0.25) is 0 Å². The Balaban J connectivity index is 1.46. The normalized spacial score (nSPS) is 10.4. The average Bonchev–Trinajstić information content (AvgIpc) is 2.75. The van der Waals surface area contributed by atoms with E-state index in [1.807, 2.05) is 78.9 Å². The quantitative estimate of drug-likeness (QED) is 0.400. The van der Waals surface area contributed by atoms with Gasteiger partial charge in [-0.1, -0.05) is 64.5 Å². The minimum atomic E-state index is -0.134. The zero-order chi connectivity index (χ0) is 20.3. The Labute approximate surface area is 179 Å². The van der Waals surface area contributed by atoms with Crippen LogP contribution in [0.15, 0.2) is 83.3 Å². The number of halogens is 1. The molecule has 0 atom stereocenters. The number of carbonyl (C=O) groups is 1. The fourth-order valence-corrected chi connectivity index (χ4v) is 3.18. The number of amides is 1.